The summed E-state index contributed by atoms with van der Waals surface area (Å²) in [6.07, 6.45) is 1.53. The Balaban J connectivity index is 1.36. The maximum atomic E-state index is 12.3. The number of benzene rings is 1. The van der Waals surface area contributed by atoms with Crippen molar-refractivity contribution in [2.45, 2.75) is 37.5 Å². The quantitative estimate of drug-likeness (QED) is 0.434. The lowest BCUT2D eigenvalue weighted by Crippen LogP contribution is -2.52. The molecule has 0 unspecified atom stereocenters. The van der Waals surface area contributed by atoms with Crippen molar-refractivity contribution in [1.29, 1.82) is 0 Å². The molecule has 0 radical (unpaired) electrons. The van der Waals surface area contributed by atoms with Crippen molar-refractivity contribution in [2.24, 2.45) is 0 Å². The lowest BCUT2D eigenvalue weighted by molar-refractivity contribution is -0.123. The second kappa shape index (κ2) is 12.6. The molecule has 0 saturated carbocycles. The molecule has 4 N–H and O–H groups in total. The number of aliphatic hydroxyl groups is 1. The number of urea groups is 1. The van der Waals surface area contributed by atoms with Gasteiger partial charge in [0.2, 0.25) is 5.91 Å². The average Bonchev–Trinajstić information content (AvgIpc) is 2.81. The van der Waals surface area contributed by atoms with Crippen LogP contribution in [0.15, 0.2) is 24.3 Å². The molecule has 3 rings (SSSR count). The van der Waals surface area contributed by atoms with Crippen LogP contribution in [0.5, 0.6) is 5.75 Å². The zero-order chi connectivity index (χ0) is 22.8. The van der Waals surface area contributed by atoms with Gasteiger partial charge in [-0.2, -0.15) is 0 Å². The molecule has 0 bridgehead atoms. The number of nitrogens with zero attached hydrogens (tertiary/aromatic N) is 1. The monoisotopic (exact) mass is 450 g/mol. The molecule has 178 valence electrons. The highest BCUT2D eigenvalue weighted by molar-refractivity contribution is 5.89. The Morgan fingerprint density at radius 1 is 1.19 bits per heavy atom. The van der Waals surface area contributed by atoms with Crippen LogP contribution in [0.25, 0.3) is 0 Å². The van der Waals surface area contributed by atoms with E-state index in [-0.39, 0.29) is 30.7 Å². The number of rotatable bonds is 9. The van der Waals surface area contributed by atoms with Gasteiger partial charge in [-0.3, -0.25) is 9.69 Å². The molecule has 32 heavy (non-hydrogen) atoms. The number of ether oxygens (including phenoxy) is 3. The number of nitrogens with one attached hydrogen (secondary N) is 3. The molecule has 0 aromatic heterocycles. The van der Waals surface area contributed by atoms with Crippen LogP contribution in [-0.2, 0) is 14.3 Å². The highest BCUT2D eigenvalue weighted by Crippen LogP contribution is 2.22. The van der Waals surface area contributed by atoms with Crippen LogP contribution in [0, 0.1) is 0 Å². The minimum atomic E-state index is -0.487. The number of methoxy groups -OCH3 is 1. The number of anilines is 1. The Bertz CT molecular complexity index is 726. The van der Waals surface area contributed by atoms with Crippen LogP contribution in [-0.4, -0.2) is 93.3 Å². The number of hydrogen-bond acceptors (Lipinski definition) is 7. The van der Waals surface area contributed by atoms with Crippen molar-refractivity contribution in [1.82, 2.24) is 15.5 Å². The summed E-state index contributed by atoms with van der Waals surface area (Å²) in [4.78, 5) is 26.5. The van der Waals surface area contributed by atoms with E-state index in [1.807, 2.05) is 0 Å². The van der Waals surface area contributed by atoms with Gasteiger partial charge in [0.1, 0.15) is 11.9 Å². The summed E-state index contributed by atoms with van der Waals surface area (Å²) < 4.78 is 16.4. The van der Waals surface area contributed by atoms with E-state index in [9.17, 15) is 14.7 Å². The molecule has 2 saturated heterocycles. The molecule has 1 aromatic carbocycles. The van der Waals surface area contributed by atoms with Crippen LogP contribution in [0.3, 0.4) is 0 Å². The van der Waals surface area contributed by atoms with Crippen LogP contribution >= 0.6 is 0 Å². The second-order valence-electron chi connectivity index (χ2n) is 8.02. The molecule has 2 aliphatic heterocycles. The van der Waals surface area contributed by atoms with Crippen molar-refractivity contribution < 1.29 is 28.9 Å². The first-order chi connectivity index (χ1) is 15.6. The minimum Gasteiger partial charge on any atom is -0.497 e. The summed E-state index contributed by atoms with van der Waals surface area (Å²) in [5.41, 5.74) is 0.645. The van der Waals surface area contributed by atoms with Gasteiger partial charge in [-0.05, 0) is 43.5 Å². The third-order valence-corrected chi connectivity index (χ3v) is 5.72. The highest BCUT2D eigenvalue weighted by Gasteiger charge is 2.31. The predicted molar refractivity (Wildman–Crippen MR) is 119 cm³/mol. The minimum absolute atomic E-state index is 0.00355. The Morgan fingerprint density at radius 2 is 1.94 bits per heavy atom. The molecule has 0 spiro atoms. The third-order valence-electron chi connectivity index (χ3n) is 5.72. The van der Waals surface area contributed by atoms with Crippen LogP contribution < -0.4 is 20.7 Å². The average molecular weight is 451 g/mol. The van der Waals surface area contributed by atoms with Gasteiger partial charge in [0.25, 0.3) is 0 Å². The first-order valence-electron chi connectivity index (χ1n) is 11.1. The summed E-state index contributed by atoms with van der Waals surface area (Å²) in [7, 11) is 1.58. The zero-order valence-electron chi connectivity index (χ0n) is 18.5. The fourth-order valence-corrected chi connectivity index (χ4v) is 3.91. The van der Waals surface area contributed by atoms with Crippen molar-refractivity contribution in [3.8, 4) is 5.75 Å². The van der Waals surface area contributed by atoms with Gasteiger partial charge < -0.3 is 35.3 Å². The molecule has 3 amide bonds. The maximum Gasteiger partial charge on any atom is 0.319 e. The number of aliphatic hydroxyl groups excluding tert-OH is 1. The fourth-order valence-electron chi connectivity index (χ4n) is 3.91. The van der Waals surface area contributed by atoms with Gasteiger partial charge >= 0.3 is 6.03 Å². The van der Waals surface area contributed by atoms with Crippen molar-refractivity contribution >= 4 is 17.6 Å². The molecule has 10 nitrogen and oxygen atoms in total. The second-order valence-corrected chi connectivity index (χ2v) is 8.02. The van der Waals surface area contributed by atoms with E-state index >= 15 is 0 Å². The molecule has 1 aromatic rings. The van der Waals surface area contributed by atoms with Crippen molar-refractivity contribution in [3.63, 3.8) is 0 Å². The smallest absolute Gasteiger partial charge is 0.319 e. The Hall–Kier alpha value is -2.40. The summed E-state index contributed by atoms with van der Waals surface area (Å²) in [5, 5.41) is 18.3. The standard InChI is InChI=1S/C22H34N4O6/c1-30-17-4-2-16(3-5-17)24-22(29)25-19-7-6-18(32-20(19)15-27)8-9-23-21(28)14-26-10-12-31-13-11-26/h2-5,18-20,27H,6-15H2,1H3,(H,23,28)(H2,24,25,29)/t18-,19+,20+/m0/s1. The Labute approximate surface area is 188 Å². The summed E-state index contributed by atoms with van der Waals surface area (Å²) in [5.74, 6) is 0.705. The normalized spacial score (nSPS) is 23.9. The maximum absolute atomic E-state index is 12.3. The van der Waals surface area contributed by atoms with E-state index in [0.29, 0.717) is 50.6 Å². The summed E-state index contributed by atoms with van der Waals surface area (Å²) in [6.45, 7) is 3.59. The van der Waals surface area contributed by atoms with Gasteiger partial charge in [0, 0.05) is 25.3 Å². The van der Waals surface area contributed by atoms with Gasteiger partial charge in [-0.25, -0.2) is 4.79 Å². The third kappa shape index (κ3) is 7.63. The molecule has 2 heterocycles. The van der Waals surface area contributed by atoms with E-state index in [0.717, 1.165) is 19.5 Å². The molecular weight excluding hydrogens is 416 g/mol. The lowest BCUT2D eigenvalue weighted by atomic mass is 9.97. The fraction of sp³-hybridized carbons (Fsp3) is 0.636. The van der Waals surface area contributed by atoms with E-state index in [2.05, 4.69) is 20.9 Å². The van der Waals surface area contributed by atoms with Crippen LogP contribution in [0.2, 0.25) is 0 Å². The first kappa shape index (κ1) is 24.2. The largest absolute Gasteiger partial charge is 0.497 e. The van der Waals surface area contributed by atoms with Gasteiger partial charge in [-0.15, -0.1) is 0 Å². The number of carbonyl (C=O) groups excluding carboxylic acids is 2. The molecule has 10 heteroatoms. The Morgan fingerprint density at radius 3 is 2.62 bits per heavy atom. The number of hydrogen-bond donors (Lipinski definition) is 4. The zero-order valence-corrected chi connectivity index (χ0v) is 18.5. The SMILES string of the molecule is COc1ccc(NC(=O)N[C@@H]2CC[C@@H](CCNC(=O)CN3CCOCC3)O[C@@H]2CO)cc1. The van der Waals surface area contributed by atoms with Gasteiger partial charge in [0.15, 0.2) is 0 Å². The predicted octanol–water partition coefficient (Wildman–Crippen LogP) is 0.564. The highest BCUT2D eigenvalue weighted by atomic mass is 16.5. The molecule has 3 atom stereocenters. The van der Waals surface area contributed by atoms with E-state index in [1.54, 1.807) is 31.4 Å². The first-order valence-corrected chi connectivity index (χ1v) is 11.1. The topological polar surface area (TPSA) is 121 Å². The molecule has 0 aliphatic carbocycles. The van der Waals surface area contributed by atoms with E-state index in [1.165, 1.54) is 0 Å². The van der Waals surface area contributed by atoms with Gasteiger partial charge in [-0.1, -0.05) is 0 Å². The van der Waals surface area contributed by atoms with E-state index in [4.69, 9.17) is 14.2 Å². The van der Waals surface area contributed by atoms with Crippen LogP contribution in [0.1, 0.15) is 19.3 Å². The Kier molecular flexibility index (Phi) is 9.54. The summed E-state index contributed by atoms with van der Waals surface area (Å²) in [6, 6.07) is 6.40. The molecule has 2 aliphatic rings. The molecule has 2 fully saturated rings. The van der Waals surface area contributed by atoms with Crippen molar-refractivity contribution in [3.05, 3.63) is 24.3 Å². The van der Waals surface area contributed by atoms with Crippen molar-refractivity contribution in [2.75, 3.05) is 58.4 Å². The van der Waals surface area contributed by atoms with Gasteiger partial charge in [0.05, 0.1) is 45.6 Å². The lowest BCUT2D eigenvalue weighted by Gasteiger charge is -2.36. The number of carbonyl (C=O) groups is 2. The molecular formula is C22H34N4O6. The number of amides is 3. The van der Waals surface area contributed by atoms with Crippen LogP contribution in [0.4, 0.5) is 10.5 Å². The van der Waals surface area contributed by atoms with E-state index < -0.39 is 6.10 Å². The summed E-state index contributed by atoms with van der Waals surface area (Å²) >= 11 is 0. The number of morpholine rings is 1.